The van der Waals surface area contributed by atoms with Crippen LogP contribution in [0.5, 0.6) is 5.75 Å². The Kier molecular flexibility index (Phi) is 6.34. The predicted octanol–water partition coefficient (Wildman–Crippen LogP) is 3.18. The van der Waals surface area contributed by atoms with Gasteiger partial charge in [-0.3, -0.25) is 4.72 Å². The summed E-state index contributed by atoms with van der Waals surface area (Å²) < 4.78 is 39.0. The summed E-state index contributed by atoms with van der Waals surface area (Å²) in [5, 5.41) is 8.64. The van der Waals surface area contributed by atoms with Gasteiger partial charge in [0.05, 0.1) is 25.5 Å². The van der Waals surface area contributed by atoms with Crippen molar-refractivity contribution in [1.29, 1.82) is 0 Å². The number of morpholine rings is 1. The molecule has 0 spiro atoms. The highest BCUT2D eigenvalue weighted by Crippen LogP contribution is 2.27. The van der Waals surface area contributed by atoms with Gasteiger partial charge >= 0.3 is 0 Å². The van der Waals surface area contributed by atoms with E-state index in [-0.39, 0.29) is 4.90 Å². The molecule has 0 unspecified atom stereocenters. The molecule has 2 heterocycles. The van der Waals surface area contributed by atoms with Gasteiger partial charge in [-0.25, -0.2) is 8.42 Å². The van der Waals surface area contributed by atoms with E-state index in [9.17, 15) is 8.42 Å². The van der Waals surface area contributed by atoms with Crippen molar-refractivity contribution in [2.45, 2.75) is 11.8 Å². The number of anilines is 2. The van der Waals surface area contributed by atoms with E-state index in [1.807, 2.05) is 31.2 Å². The van der Waals surface area contributed by atoms with Crippen LogP contribution in [0, 0.1) is 0 Å². The van der Waals surface area contributed by atoms with Crippen LogP contribution >= 0.6 is 0 Å². The summed E-state index contributed by atoms with van der Waals surface area (Å²) in [6, 6.07) is 17.4. The first-order chi connectivity index (χ1) is 15.1. The molecule has 0 amide bonds. The molecule has 162 valence electrons. The monoisotopic (exact) mass is 440 g/mol. The second-order valence-corrected chi connectivity index (χ2v) is 8.59. The number of rotatable bonds is 7. The van der Waals surface area contributed by atoms with Crippen LogP contribution in [0.25, 0.3) is 11.3 Å². The van der Waals surface area contributed by atoms with E-state index in [1.54, 1.807) is 30.3 Å². The van der Waals surface area contributed by atoms with E-state index < -0.39 is 10.0 Å². The molecule has 8 nitrogen and oxygen atoms in total. The van der Waals surface area contributed by atoms with Crippen molar-refractivity contribution >= 4 is 21.5 Å². The molecule has 0 saturated carbocycles. The summed E-state index contributed by atoms with van der Waals surface area (Å²) in [7, 11) is -3.78. The largest absolute Gasteiger partial charge is 0.492 e. The average molecular weight is 441 g/mol. The minimum absolute atomic E-state index is 0.102. The van der Waals surface area contributed by atoms with Crippen molar-refractivity contribution in [3.05, 3.63) is 60.7 Å². The van der Waals surface area contributed by atoms with E-state index in [0.717, 1.165) is 24.5 Å². The van der Waals surface area contributed by atoms with Gasteiger partial charge in [0, 0.05) is 24.3 Å². The van der Waals surface area contributed by atoms with Crippen LogP contribution in [0.1, 0.15) is 6.92 Å². The Morgan fingerprint density at radius 1 is 1.00 bits per heavy atom. The summed E-state index contributed by atoms with van der Waals surface area (Å²) >= 11 is 0. The Morgan fingerprint density at radius 2 is 1.74 bits per heavy atom. The zero-order valence-corrected chi connectivity index (χ0v) is 18.0. The average Bonchev–Trinajstić information content (AvgIpc) is 2.81. The minimum Gasteiger partial charge on any atom is -0.492 e. The second kappa shape index (κ2) is 9.32. The first kappa shape index (κ1) is 21.1. The van der Waals surface area contributed by atoms with E-state index >= 15 is 0 Å². The number of nitrogens with one attached hydrogen (secondary N) is 1. The molecule has 0 atom stereocenters. The second-order valence-electron chi connectivity index (χ2n) is 6.94. The zero-order chi connectivity index (χ0) is 21.7. The molecule has 1 aliphatic heterocycles. The van der Waals surface area contributed by atoms with E-state index in [4.69, 9.17) is 9.47 Å². The Labute approximate surface area is 181 Å². The summed E-state index contributed by atoms with van der Waals surface area (Å²) in [6.07, 6.45) is 0. The number of aromatic nitrogens is 2. The fraction of sp³-hybridized carbons (Fsp3) is 0.273. The number of hydrogen-bond donors (Lipinski definition) is 1. The van der Waals surface area contributed by atoms with Crippen LogP contribution in [0.15, 0.2) is 65.6 Å². The van der Waals surface area contributed by atoms with E-state index in [1.165, 1.54) is 6.07 Å². The number of para-hydroxylation sites is 1. The van der Waals surface area contributed by atoms with Gasteiger partial charge in [0.1, 0.15) is 10.6 Å². The fourth-order valence-electron chi connectivity index (χ4n) is 3.31. The molecular formula is C22H24N4O4S. The number of nitrogens with zero attached hydrogens (tertiary/aromatic N) is 3. The van der Waals surface area contributed by atoms with Gasteiger partial charge in [-0.15, -0.1) is 10.2 Å². The van der Waals surface area contributed by atoms with Crippen molar-refractivity contribution < 1.29 is 17.9 Å². The Hall–Kier alpha value is -3.17. The lowest BCUT2D eigenvalue weighted by molar-refractivity contribution is 0.122. The van der Waals surface area contributed by atoms with Crippen LogP contribution < -0.4 is 14.4 Å². The van der Waals surface area contributed by atoms with E-state index in [2.05, 4.69) is 19.8 Å². The summed E-state index contributed by atoms with van der Waals surface area (Å²) in [5.41, 5.74) is 2.01. The first-order valence-corrected chi connectivity index (χ1v) is 11.6. The van der Waals surface area contributed by atoms with Crippen molar-refractivity contribution in [3.63, 3.8) is 0 Å². The zero-order valence-electron chi connectivity index (χ0n) is 17.2. The number of benzene rings is 2. The molecule has 0 radical (unpaired) electrons. The third kappa shape index (κ3) is 4.95. The maximum absolute atomic E-state index is 12.8. The van der Waals surface area contributed by atoms with Gasteiger partial charge in [0.15, 0.2) is 5.82 Å². The molecule has 3 aromatic rings. The van der Waals surface area contributed by atoms with Crippen molar-refractivity contribution in [2.24, 2.45) is 0 Å². The highest BCUT2D eigenvalue weighted by atomic mass is 32.2. The Morgan fingerprint density at radius 3 is 2.42 bits per heavy atom. The summed E-state index contributed by atoms with van der Waals surface area (Å²) in [6.45, 7) is 5.18. The fourth-order valence-corrected chi connectivity index (χ4v) is 4.51. The molecule has 1 fully saturated rings. The third-order valence-corrected chi connectivity index (χ3v) is 6.28. The molecule has 9 heteroatoms. The molecule has 0 bridgehead atoms. The number of hydrogen-bond acceptors (Lipinski definition) is 7. The van der Waals surface area contributed by atoms with Gasteiger partial charge in [-0.05, 0) is 43.3 Å². The van der Waals surface area contributed by atoms with Crippen LogP contribution in [-0.2, 0) is 14.8 Å². The lowest BCUT2D eigenvalue weighted by Crippen LogP contribution is -2.36. The molecular weight excluding hydrogens is 416 g/mol. The molecule has 1 aliphatic rings. The lowest BCUT2D eigenvalue weighted by Gasteiger charge is -2.27. The molecule has 31 heavy (non-hydrogen) atoms. The Balaban J connectivity index is 1.48. The van der Waals surface area contributed by atoms with Crippen LogP contribution in [0.4, 0.5) is 11.5 Å². The van der Waals surface area contributed by atoms with Crippen LogP contribution in [0.3, 0.4) is 0 Å². The minimum atomic E-state index is -3.78. The normalized spacial score (nSPS) is 14.3. The SMILES string of the molecule is CCOc1ccccc1S(=O)(=O)Nc1ccc(-c2ccc(N3CCOCC3)nn2)cc1. The van der Waals surface area contributed by atoms with Crippen molar-refractivity contribution in [2.75, 3.05) is 42.5 Å². The maximum Gasteiger partial charge on any atom is 0.265 e. The molecule has 1 saturated heterocycles. The van der Waals surface area contributed by atoms with Crippen molar-refractivity contribution in [1.82, 2.24) is 10.2 Å². The first-order valence-electron chi connectivity index (χ1n) is 10.1. The van der Waals surface area contributed by atoms with Gasteiger partial charge in [-0.1, -0.05) is 24.3 Å². The van der Waals surface area contributed by atoms with Gasteiger partial charge in [0.25, 0.3) is 10.0 Å². The van der Waals surface area contributed by atoms with E-state index in [0.29, 0.717) is 37.0 Å². The topological polar surface area (TPSA) is 93.7 Å². The smallest absolute Gasteiger partial charge is 0.265 e. The molecule has 1 aromatic heterocycles. The molecule has 4 rings (SSSR count). The number of ether oxygens (including phenoxy) is 2. The quantitative estimate of drug-likeness (QED) is 0.603. The molecule has 2 aromatic carbocycles. The summed E-state index contributed by atoms with van der Waals surface area (Å²) in [5.74, 6) is 1.15. The maximum atomic E-state index is 12.8. The van der Waals surface area contributed by atoms with Crippen LogP contribution in [-0.4, -0.2) is 51.5 Å². The molecule has 1 N–H and O–H groups in total. The van der Waals surface area contributed by atoms with Gasteiger partial charge < -0.3 is 14.4 Å². The van der Waals surface area contributed by atoms with Gasteiger partial charge in [0.2, 0.25) is 0 Å². The number of sulfonamides is 1. The van der Waals surface area contributed by atoms with Crippen molar-refractivity contribution in [3.8, 4) is 17.0 Å². The third-order valence-electron chi connectivity index (χ3n) is 4.86. The molecule has 0 aliphatic carbocycles. The highest BCUT2D eigenvalue weighted by molar-refractivity contribution is 7.92. The predicted molar refractivity (Wildman–Crippen MR) is 119 cm³/mol. The highest BCUT2D eigenvalue weighted by Gasteiger charge is 2.19. The Bertz CT molecular complexity index is 1110. The van der Waals surface area contributed by atoms with Crippen LogP contribution in [0.2, 0.25) is 0 Å². The lowest BCUT2D eigenvalue weighted by atomic mass is 10.1. The standard InChI is InChI=1S/C22H24N4O4S/c1-2-30-20-5-3-4-6-21(20)31(27,28)25-18-9-7-17(8-10-18)19-11-12-22(24-23-19)26-13-15-29-16-14-26/h3-12,25H,2,13-16H2,1H3. The summed E-state index contributed by atoms with van der Waals surface area (Å²) in [4.78, 5) is 2.24. The van der Waals surface area contributed by atoms with Gasteiger partial charge in [-0.2, -0.15) is 0 Å².